The molecule has 0 atom stereocenters. The zero-order valence-corrected chi connectivity index (χ0v) is 7.21. The van der Waals surface area contributed by atoms with Crippen molar-refractivity contribution in [3.8, 4) is 0 Å². The second-order valence-corrected chi connectivity index (χ2v) is 2.60. The minimum atomic E-state index is -0.247. The molecule has 1 amide bonds. The number of nitrogens with one attached hydrogen (secondary N) is 2. The molecule has 0 bridgehead atoms. The van der Waals surface area contributed by atoms with Crippen molar-refractivity contribution in [3.05, 3.63) is 11.9 Å². The number of carbonyl (C=O) groups is 1. The summed E-state index contributed by atoms with van der Waals surface area (Å²) >= 11 is 0. The number of nitrogens with zero attached hydrogens (tertiary/aromatic N) is 1. The molecule has 0 spiro atoms. The normalized spacial score (nSPS) is 9.92. The number of rotatable bonds is 4. The summed E-state index contributed by atoms with van der Waals surface area (Å²) in [5.41, 5.74) is 11.4. The fourth-order valence-electron chi connectivity index (χ4n) is 0.870. The maximum Gasteiger partial charge on any atom is 0.271 e. The smallest absolute Gasteiger partial charge is 0.271 e. The van der Waals surface area contributed by atoms with E-state index in [1.165, 1.54) is 6.20 Å². The number of hydrogen-bond donors (Lipinski definition) is 4. The van der Waals surface area contributed by atoms with E-state index in [0.29, 0.717) is 24.5 Å². The Morgan fingerprint density at radius 3 is 3.00 bits per heavy atom. The van der Waals surface area contributed by atoms with Crippen LogP contribution in [0.15, 0.2) is 6.20 Å². The zero-order valence-electron chi connectivity index (χ0n) is 7.21. The second kappa shape index (κ2) is 4.46. The molecule has 0 aliphatic rings. The summed E-state index contributed by atoms with van der Waals surface area (Å²) in [6.07, 6.45) is 2.15. The Hall–Kier alpha value is -1.56. The van der Waals surface area contributed by atoms with Crippen molar-refractivity contribution in [2.24, 2.45) is 5.73 Å². The van der Waals surface area contributed by atoms with Crippen molar-refractivity contribution < 1.29 is 4.79 Å². The van der Waals surface area contributed by atoms with E-state index in [1.54, 1.807) is 0 Å². The average Bonchev–Trinajstić information content (AvgIpc) is 2.52. The van der Waals surface area contributed by atoms with Gasteiger partial charge in [-0.15, -0.1) is 0 Å². The third kappa shape index (κ3) is 2.45. The van der Waals surface area contributed by atoms with Crippen LogP contribution in [0.3, 0.4) is 0 Å². The zero-order chi connectivity index (χ0) is 9.68. The predicted octanol–water partition coefficient (Wildman–Crippen LogP) is -0.929. The van der Waals surface area contributed by atoms with Crippen molar-refractivity contribution in [1.29, 1.82) is 0 Å². The molecule has 6 N–H and O–H groups in total. The molecule has 1 rings (SSSR count). The summed E-state index contributed by atoms with van der Waals surface area (Å²) in [6.45, 7) is 1.10. The molecular weight excluding hydrogens is 170 g/mol. The van der Waals surface area contributed by atoms with E-state index < -0.39 is 0 Å². The van der Waals surface area contributed by atoms with Crippen LogP contribution in [-0.4, -0.2) is 29.2 Å². The van der Waals surface area contributed by atoms with E-state index in [4.69, 9.17) is 11.5 Å². The number of hydrogen-bond acceptors (Lipinski definition) is 4. The van der Waals surface area contributed by atoms with E-state index in [0.717, 1.165) is 6.42 Å². The van der Waals surface area contributed by atoms with Gasteiger partial charge in [-0.3, -0.25) is 9.89 Å². The third-order valence-electron chi connectivity index (χ3n) is 1.56. The van der Waals surface area contributed by atoms with Gasteiger partial charge in [0.25, 0.3) is 5.91 Å². The Balaban J connectivity index is 2.45. The molecule has 0 aliphatic heterocycles. The van der Waals surface area contributed by atoms with Crippen molar-refractivity contribution in [2.75, 3.05) is 18.8 Å². The number of aromatic amines is 1. The molecule has 0 radical (unpaired) electrons. The van der Waals surface area contributed by atoms with Crippen LogP contribution in [-0.2, 0) is 0 Å². The van der Waals surface area contributed by atoms with Gasteiger partial charge in [0.1, 0.15) is 5.69 Å². The second-order valence-electron chi connectivity index (χ2n) is 2.60. The highest BCUT2D eigenvalue weighted by molar-refractivity contribution is 5.96. The van der Waals surface area contributed by atoms with Gasteiger partial charge in [0.2, 0.25) is 0 Å². The first kappa shape index (κ1) is 9.53. The van der Waals surface area contributed by atoms with Gasteiger partial charge < -0.3 is 16.8 Å². The van der Waals surface area contributed by atoms with Crippen LogP contribution < -0.4 is 16.8 Å². The summed E-state index contributed by atoms with van der Waals surface area (Å²) in [7, 11) is 0. The van der Waals surface area contributed by atoms with E-state index in [2.05, 4.69) is 15.5 Å². The van der Waals surface area contributed by atoms with Gasteiger partial charge in [-0.2, -0.15) is 5.10 Å². The van der Waals surface area contributed by atoms with Crippen LogP contribution >= 0.6 is 0 Å². The molecular formula is C7H13N5O. The lowest BCUT2D eigenvalue weighted by Crippen LogP contribution is -2.26. The number of carbonyl (C=O) groups excluding carboxylic acids is 1. The Bertz CT molecular complexity index is 282. The highest BCUT2D eigenvalue weighted by atomic mass is 16.1. The summed E-state index contributed by atoms with van der Waals surface area (Å²) in [5.74, 6) is -0.247. The number of aromatic nitrogens is 2. The topological polar surface area (TPSA) is 110 Å². The van der Waals surface area contributed by atoms with Gasteiger partial charge in [0, 0.05) is 6.54 Å². The maximum absolute atomic E-state index is 11.3. The predicted molar refractivity (Wildman–Crippen MR) is 49.0 cm³/mol. The Kier molecular flexibility index (Phi) is 3.27. The molecule has 1 aromatic rings. The van der Waals surface area contributed by atoms with Crippen LogP contribution in [0.1, 0.15) is 16.9 Å². The number of H-pyrrole nitrogens is 1. The fourth-order valence-corrected chi connectivity index (χ4v) is 0.870. The van der Waals surface area contributed by atoms with E-state index in [1.807, 2.05) is 0 Å². The van der Waals surface area contributed by atoms with Crippen LogP contribution in [0.2, 0.25) is 0 Å². The molecule has 0 saturated heterocycles. The molecule has 13 heavy (non-hydrogen) atoms. The van der Waals surface area contributed by atoms with Crippen molar-refractivity contribution in [2.45, 2.75) is 6.42 Å². The highest BCUT2D eigenvalue weighted by Crippen LogP contribution is 2.04. The van der Waals surface area contributed by atoms with Crippen LogP contribution in [0.4, 0.5) is 5.69 Å². The molecule has 0 aromatic carbocycles. The highest BCUT2D eigenvalue weighted by Gasteiger charge is 2.09. The fraction of sp³-hybridized carbons (Fsp3) is 0.429. The molecule has 1 heterocycles. The first-order valence-corrected chi connectivity index (χ1v) is 4.03. The quantitative estimate of drug-likeness (QED) is 0.452. The molecule has 6 heteroatoms. The largest absolute Gasteiger partial charge is 0.396 e. The van der Waals surface area contributed by atoms with E-state index >= 15 is 0 Å². The monoisotopic (exact) mass is 183 g/mol. The van der Waals surface area contributed by atoms with E-state index in [-0.39, 0.29) is 5.91 Å². The minimum Gasteiger partial charge on any atom is -0.396 e. The summed E-state index contributed by atoms with van der Waals surface area (Å²) in [6, 6.07) is 0. The summed E-state index contributed by atoms with van der Waals surface area (Å²) in [4.78, 5) is 11.3. The van der Waals surface area contributed by atoms with Crippen molar-refractivity contribution in [1.82, 2.24) is 15.5 Å². The van der Waals surface area contributed by atoms with Gasteiger partial charge in [0.05, 0.1) is 11.9 Å². The molecule has 0 saturated carbocycles. The number of amides is 1. The first-order chi connectivity index (χ1) is 6.25. The lowest BCUT2D eigenvalue weighted by atomic mass is 10.3. The van der Waals surface area contributed by atoms with E-state index in [9.17, 15) is 4.79 Å². The van der Waals surface area contributed by atoms with Gasteiger partial charge in [-0.25, -0.2) is 0 Å². The molecule has 0 fully saturated rings. The van der Waals surface area contributed by atoms with Gasteiger partial charge in [-0.05, 0) is 13.0 Å². The number of anilines is 1. The number of nitrogen functional groups attached to an aromatic ring is 1. The Labute approximate surface area is 75.7 Å². The Morgan fingerprint density at radius 2 is 2.46 bits per heavy atom. The minimum absolute atomic E-state index is 0.247. The summed E-state index contributed by atoms with van der Waals surface area (Å²) in [5, 5.41) is 8.81. The van der Waals surface area contributed by atoms with Crippen LogP contribution in [0.5, 0.6) is 0 Å². The van der Waals surface area contributed by atoms with Crippen LogP contribution in [0.25, 0.3) is 0 Å². The average molecular weight is 183 g/mol. The van der Waals surface area contributed by atoms with Crippen molar-refractivity contribution >= 4 is 11.6 Å². The van der Waals surface area contributed by atoms with Crippen molar-refractivity contribution in [3.63, 3.8) is 0 Å². The van der Waals surface area contributed by atoms with Gasteiger partial charge in [0.15, 0.2) is 0 Å². The molecule has 6 nitrogen and oxygen atoms in total. The first-order valence-electron chi connectivity index (χ1n) is 4.03. The molecule has 72 valence electrons. The molecule has 1 aromatic heterocycles. The maximum atomic E-state index is 11.3. The standard InChI is InChI=1S/C7H13N5O/c8-2-1-3-10-7(13)6-5(9)4-11-12-6/h4H,1-3,8-9H2,(H,10,13)(H,11,12). The Morgan fingerprint density at radius 1 is 1.69 bits per heavy atom. The lowest BCUT2D eigenvalue weighted by molar-refractivity contribution is 0.0949. The van der Waals surface area contributed by atoms with Crippen LogP contribution in [0, 0.1) is 0 Å². The molecule has 0 aliphatic carbocycles. The van der Waals surface area contributed by atoms with Gasteiger partial charge in [-0.1, -0.05) is 0 Å². The lowest BCUT2D eigenvalue weighted by Gasteiger charge is -2.01. The molecule has 0 unspecified atom stereocenters. The SMILES string of the molecule is NCCCNC(=O)c1[nH]ncc1N. The number of nitrogens with two attached hydrogens (primary N) is 2. The third-order valence-corrected chi connectivity index (χ3v) is 1.56. The summed E-state index contributed by atoms with van der Waals surface area (Å²) < 4.78 is 0. The van der Waals surface area contributed by atoms with Gasteiger partial charge >= 0.3 is 0 Å².